The van der Waals surface area contributed by atoms with Gasteiger partial charge in [-0.25, -0.2) is 5.48 Å². The molecule has 0 radical (unpaired) electrons. The zero-order chi connectivity index (χ0) is 19.5. The second-order valence-electron chi connectivity index (χ2n) is 5.95. The highest BCUT2D eigenvalue weighted by molar-refractivity contribution is 7.80. The molecule has 0 saturated heterocycles. The maximum atomic E-state index is 12.3. The molecule has 1 unspecified atom stereocenters. The summed E-state index contributed by atoms with van der Waals surface area (Å²) >= 11 is 5.43. The van der Waals surface area contributed by atoms with Crippen molar-refractivity contribution >= 4 is 29.0 Å². The number of ether oxygens (including phenoxy) is 1. The SMILES string of the molecule is CCCC(CC(=O)NO)C(=S)N[C@@H](Cc1ccc(OC)cc1)C(=O)NC. The van der Waals surface area contributed by atoms with E-state index in [1.807, 2.05) is 31.2 Å². The van der Waals surface area contributed by atoms with E-state index in [4.69, 9.17) is 22.2 Å². The molecule has 4 N–H and O–H groups in total. The molecule has 144 valence electrons. The lowest BCUT2D eigenvalue weighted by Crippen LogP contribution is -2.48. The highest BCUT2D eigenvalue weighted by Gasteiger charge is 2.24. The summed E-state index contributed by atoms with van der Waals surface area (Å²) in [6.45, 7) is 1.99. The van der Waals surface area contributed by atoms with Crippen molar-refractivity contribution in [1.82, 2.24) is 16.1 Å². The van der Waals surface area contributed by atoms with Crippen molar-refractivity contribution < 1.29 is 19.5 Å². The second kappa shape index (κ2) is 11.4. The third kappa shape index (κ3) is 6.97. The van der Waals surface area contributed by atoms with Crippen LogP contribution in [0.5, 0.6) is 5.75 Å². The Bertz CT molecular complexity index is 607. The van der Waals surface area contributed by atoms with Gasteiger partial charge in [0.05, 0.1) is 12.1 Å². The predicted octanol–water partition coefficient (Wildman–Crippen LogP) is 1.58. The fraction of sp³-hybridized carbons (Fsp3) is 0.500. The van der Waals surface area contributed by atoms with Gasteiger partial charge in [-0.05, 0) is 24.1 Å². The average Bonchev–Trinajstić information content (AvgIpc) is 2.66. The Morgan fingerprint density at radius 2 is 1.92 bits per heavy atom. The van der Waals surface area contributed by atoms with E-state index in [9.17, 15) is 9.59 Å². The number of hydroxylamine groups is 1. The monoisotopic (exact) mass is 381 g/mol. The van der Waals surface area contributed by atoms with Gasteiger partial charge in [-0.15, -0.1) is 0 Å². The first-order valence-electron chi connectivity index (χ1n) is 8.52. The molecule has 0 aliphatic carbocycles. The quantitative estimate of drug-likeness (QED) is 0.279. The number of rotatable bonds is 10. The summed E-state index contributed by atoms with van der Waals surface area (Å²) in [7, 11) is 3.16. The molecule has 0 aliphatic heterocycles. The van der Waals surface area contributed by atoms with Gasteiger partial charge in [0.25, 0.3) is 0 Å². The van der Waals surface area contributed by atoms with E-state index in [2.05, 4.69) is 10.6 Å². The van der Waals surface area contributed by atoms with E-state index in [0.29, 0.717) is 17.8 Å². The van der Waals surface area contributed by atoms with Crippen LogP contribution in [-0.2, 0) is 16.0 Å². The predicted molar refractivity (Wildman–Crippen MR) is 103 cm³/mol. The fourth-order valence-corrected chi connectivity index (χ4v) is 2.96. The van der Waals surface area contributed by atoms with Crippen molar-refractivity contribution in [3.05, 3.63) is 29.8 Å². The Morgan fingerprint density at radius 1 is 1.27 bits per heavy atom. The van der Waals surface area contributed by atoms with Crippen LogP contribution in [0, 0.1) is 5.92 Å². The average molecular weight is 381 g/mol. The molecule has 0 bridgehead atoms. The van der Waals surface area contributed by atoms with Crippen LogP contribution in [0.2, 0.25) is 0 Å². The number of nitrogens with one attached hydrogen (secondary N) is 3. The minimum Gasteiger partial charge on any atom is -0.497 e. The first-order valence-corrected chi connectivity index (χ1v) is 8.93. The van der Waals surface area contributed by atoms with Crippen LogP contribution in [0.15, 0.2) is 24.3 Å². The van der Waals surface area contributed by atoms with Gasteiger partial charge < -0.3 is 15.4 Å². The fourth-order valence-electron chi connectivity index (χ4n) is 2.61. The molecule has 0 spiro atoms. The third-order valence-electron chi connectivity index (χ3n) is 4.04. The minimum absolute atomic E-state index is 0.0686. The van der Waals surface area contributed by atoms with Crippen molar-refractivity contribution in [2.24, 2.45) is 5.92 Å². The van der Waals surface area contributed by atoms with Crippen LogP contribution < -0.4 is 20.9 Å². The van der Waals surface area contributed by atoms with Crippen molar-refractivity contribution in [2.45, 2.75) is 38.6 Å². The Kier molecular flexibility index (Phi) is 9.61. The molecular weight excluding hydrogens is 354 g/mol. The van der Waals surface area contributed by atoms with Gasteiger partial charge >= 0.3 is 0 Å². The zero-order valence-corrected chi connectivity index (χ0v) is 16.2. The second-order valence-corrected chi connectivity index (χ2v) is 6.39. The van der Waals surface area contributed by atoms with Gasteiger partial charge in [-0.2, -0.15) is 0 Å². The molecule has 1 rings (SSSR count). The van der Waals surface area contributed by atoms with Crippen molar-refractivity contribution in [1.29, 1.82) is 0 Å². The summed E-state index contributed by atoms with van der Waals surface area (Å²) in [6, 6.07) is 6.89. The highest BCUT2D eigenvalue weighted by Crippen LogP contribution is 2.16. The lowest BCUT2D eigenvalue weighted by molar-refractivity contribution is -0.129. The molecule has 0 saturated carbocycles. The number of amides is 2. The van der Waals surface area contributed by atoms with Crippen LogP contribution in [0.25, 0.3) is 0 Å². The molecule has 1 aromatic rings. The summed E-state index contributed by atoms with van der Waals surface area (Å²) < 4.78 is 5.14. The molecule has 1 aromatic carbocycles. The molecule has 0 aliphatic rings. The summed E-state index contributed by atoms with van der Waals surface area (Å²) in [5, 5.41) is 14.5. The summed E-state index contributed by atoms with van der Waals surface area (Å²) in [4.78, 5) is 24.2. The molecule has 7 nitrogen and oxygen atoms in total. The lowest BCUT2D eigenvalue weighted by Gasteiger charge is -2.24. The van der Waals surface area contributed by atoms with Gasteiger partial charge in [-0.1, -0.05) is 37.7 Å². The topological polar surface area (TPSA) is 99.7 Å². The van der Waals surface area contributed by atoms with Crippen LogP contribution in [0.4, 0.5) is 0 Å². The number of hydrogen-bond donors (Lipinski definition) is 4. The molecule has 2 atom stereocenters. The Labute approximate surface area is 159 Å². The summed E-state index contributed by atoms with van der Waals surface area (Å²) in [5.74, 6) is -0.193. The Hall–Kier alpha value is -2.19. The van der Waals surface area contributed by atoms with Crippen molar-refractivity contribution in [3.63, 3.8) is 0 Å². The summed E-state index contributed by atoms with van der Waals surface area (Å²) in [6.07, 6.45) is 2.02. The smallest absolute Gasteiger partial charge is 0.244 e. The highest BCUT2D eigenvalue weighted by atomic mass is 32.1. The summed E-state index contributed by atoms with van der Waals surface area (Å²) in [5.41, 5.74) is 2.58. The van der Waals surface area contributed by atoms with E-state index in [-0.39, 0.29) is 18.2 Å². The number of thiocarbonyl (C=S) groups is 1. The maximum absolute atomic E-state index is 12.3. The van der Waals surface area contributed by atoms with Crippen LogP contribution in [0.1, 0.15) is 31.7 Å². The van der Waals surface area contributed by atoms with E-state index in [0.717, 1.165) is 17.7 Å². The molecule has 2 amide bonds. The maximum Gasteiger partial charge on any atom is 0.244 e. The van der Waals surface area contributed by atoms with Crippen LogP contribution >= 0.6 is 12.2 Å². The number of hydrogen-bond acceptors (Lipinski definition) is 5. The van der Waals surface area contributed by atoms with Crippen molar-refractivity contribution in [3.8, 4) is 5.75 Å². The Morgan fingerprint density at radius 3 is 2.42 bits per heavy atom. The Balaban J connectivity index is 2.85. The minimum atomic E-state index is -0.558. The van der Waals surface area contributed by atoms with Gasteiger partial charge in [0, 0.05) is 25.8 Å². The van der Waals surface area contributed by atoms with Crippen molar-refractivity contribution in [2.75, 3.05) is 14.2 Å². The van der Waals surface area contributed by atoms with Crippen LogP contribution in [0.3, 0.4) is 0 Å². The van der Waals surface area contributed by atoms with E-state index >= 15 is 0 Å². The first kappa shape index (κ1) is 21.9. The van der Waals surface area contributed by atoms with E-state index in [1.165, 1.54) is 0 Å². The largest absolute Gasteiger partial charge is 0.497 e. The molecule has 0 fully saturated rings. The van der Waals surface area contributed by atoms with Crippen LogP contribution in [-0.4, -0.2) is 42.2 Å². The van der Waals surface area contributed by atoms with Gasteiger partial charge in [0.1, 0.15) is 11.8 Å². The van der Waals surface area contributed by atoms with Gasteiger partial charge in [0.15, 0.2) is 0 Å². The molecule has 8 heteroatoms. The standard InChI is InChI=1S/C18H27N3O4S/c1-4-5-13(11-16(22)21-24)18(26)20-15(17(23)19-2)10-12-6-8-14(25-3)9-7-12/h6-9,13,15,24H,4-5,10-11H2,1-3H3,(H,19,23)(H,20,26)(H,21,22)/t13?,15-/m0/s1. The van der Waals surface area contributed by atoms with Gasteiger partial charge in [0.2, 0.25) is 11.8 Å². The normalized spacial score (nSPS) is 12.6. The number of carbonyl (C=O) groups excluding carboxylic acids is 2. The first-order chi connectivity index (χ1) is 12.4. The number of likely N-dealkylation sites (N-methyl/N-ethyl adjacent to an activating group) is 1. The van der Waals surface area contributed by atoms with Gasteiger partial charge in [-0.3, -0.25) is 14.8 Å². The number of carbonyl (C=O) groups is 2. The third-order valence-corrected chi connectivity index (χ3v) is 4.49. The lowest BCUT2D eigenvalue weighted by atomic mass is 9.97. The molecule has 26 heavy (non-hydrogen) atoms. The van der Waals surface area contributed by atoms with E-state index < -0.39 is 11.9 Å². The molecule has 0 aromatic heterocycles. The molecular formula is C18H27N3O4S. The molecule has 0 heterocycles. The number of benzene rings is 1. The number of methoxy groups -OCH3 is 1. The van der Waals surface area contributed by atoms with E-state index in [1.54, 1.807) is 19.6 Å². The zero-order valence-electron chi connectivity index (χ0n) is 15.4.